The van der Waals surface area contributed by atoms with Gasteiger partial charge in [-0.05, 0) is 6.92 Å². The van der Waals surface area contributed by atoms with Gasteiger partial charge in [-0.2, -0.15) is 5.06 Å². The summed E-state index contributed by atoms with van der Waals surface area (Å²) in [6.07, 6.45) is 0. The molecule has 1 saturated heterocycles. The summed E-state index contributed by atoms with van der Waals surface area (Å²) < 4.78 is 0. The molecule has 0 spiro atoms. The number of nitrogens with one attached hydrogen (secondary N) is 1. The Morgan fingerprint density at radius 1 is 1.50 bits per heavy atom. The second-order valence-corrected chi connectivity index (χ2v) is 3.44. The minimum absolute atomic E-state index is 0.186. The molecule has 1 fully saturated rings. The van der Waals surface area contributed by atoms with Crippen molar-refractivity contribution in [2.24, 2.45) is 0 Å². The molecule has 0 aromatic rings. The lowest BCUT2D eigenvalue weighted by molar-refractivity contribution is -0.223. The van der Waals surface area contributed by atoms with Gasteiger partial charge < -0.3 is 10.2 Å². The average molecular weight is 200 g/mol. The first-order chi connectivity index (χ1) is 6.35. The van der Waals surface area contributed by atoms with E-state index >= 15 is 0 Å². The molecule has 14 heavy (non-hydrogen) atoms. The maximum absolute atomic E-state index is 11.4. The van der Waals surface area contributed by atoms with Crippen LogP contribution in [0.3, 0.4) is 0 Å². The van der Waals surface area contributed by atoms with Crippen molar-refractivity contribution in [1.29, 1.82) is 0 Å². The highest BCUT2D eigenvalue weighted by Gasteiger charge is 2.51. The Hall–Kier alpha value is -1.59. The van der Waals surface area contributed by atoms with Crippen molar-refractivity contribution in [3.63, 3.8) is 0 Å². The van der Waals surface area contributed by atoms with E-state index in [1.165, 1.54) is 13.8 Å². The van der Waals surface area contributed by atoms with E-state index in [1.807, 2.05) is 0 Å². The Kier molecular flexibility index (Phi) is 2.46. The highest BCUT2D eigenvalue weighted by atomic mass is 16.7. The molecule has 1 N–H and O–H groups in total. The van der Waals surface area contributed by atoms with Gasteiger partial charge in [0.1, 0.15) is 5.54 Å². The summed E-state index contributed by atoms with van der Waals surface area (Å²) in [4.78, 5) is 37.2. The molecule has 1 unspecified atom stereocenters. The number of β-lactam (4-membered cyclic amide) rings is 1. The van der Waals surface area contributed by atoms with E-state index < -0.39 is 17.4 Å². The lowest BCUT2D eigenvalue weighted by Crippen LogP contribution is -2.72. The largest absolute Gasteiger partial charge is 0.340 e. The van der Waals surface area contributed by atoms with Crippen molar-refractivity contribution in [3.8, 4) is 0 Å². The third-order valence-corrected chi connectivity index (χ3v) is 1.85. The lowest BCUT2D eigenvalue weighted by Gasteiger charge is -2.44. The monoisotopic (exact) mass is 200 g/mol. The molecule has 0 aromatic heterocycles. The molecule has 6 nitrogen and oxygen atoms in total. The van der Waals surface area contributed by atoms with Crippen LogP contribution in [0.25, 0.3) is 0 Å². The maximum atomic E-state index is 11.4. The number of hydrogen-bond acceptors (Lipinski definition) is 4. The molecule has 6 heteroatoms. The summed E-state index contributed by atoms with van der Waals surface area (Å²) in [5, 5.41) is 3.42. The Labute approximate surface area is 81.1 Å². The van der Waals surface area contributed by atoms with Crippen molar-refractivity contribution >= 4 is 17.8 Å². The van der Waals surface area contributed by atoms with Gasteiger partial charge in [-0.3, -0.25) is 14.4 Å². The molecule has 1 aliphatic heterocycles. The molecule has 78 valence electrons. The molecular formula is C8H12N2O4. The third-order valence-electron chi connectivity index (χ3n) is 1.85. The van der Waals surface area contributed by atoms with Gasteiger partial charge >= 0.3 is 5.97 Å². The summed E-state index contributed by atoms with van der Waals surface area (Å²) in [6, 6.07) is 0. The summed E-state index contributed by atoms with van der Waals surface area (Å²) in [5.41, 5.74) is -0.929. The number of hydrogen-bond donors (Lipinski definition) is 1. The molecule has 0 aromatic carbocycles. The van der Waals surface area contributed by atoms with E-state index in [2.05, 4.69) is 10.2 Å². The normalized spacial score (nSPS) is 25.4. The van der Waals surface area contributed by atoms with Gasteiger partial charge in [0.25, 0.3) is 5.91 Å². The fourth-order valence-corrected chi connectivity index (χ4v) is 1.32. The molecular weight excluding hydrogens is 188 g/mol. The van der Waals surface area contributed by atoms with Crippen LogP contribution in [0.15, 0.2) is 0 Å². The molecule has 0 saturated carbocycles. The molecule has 1 aliphatic rings. The Balaban J connectivity index is 2.53. The first kappa shape index (κ1) is 10.5. The molecule has 1 rings (SSSR count). The summed E-state index contributed by atoms with van der Waals surface area (Å²) in [6.45, 7) is 4.30. The molecule has 0 bridgehead atoms. The summed E-state index contributed by atoms with van der Waals surface area (Å²) in [7, 11) is 0. The number of carbonyl (C=O) groups excluding carboxylic acids is 3. The molecule has 2 amide bonds. The smallest absolute Gasteiger partial charge is 0.329 e. The Morgan fingerprint density at radius 3 is 2.43 bits per heavy atom. The van der Waals surface area contributed by atoms with Crippen LogP contribution in [0.4, 0.5) is 0 Å². The van der Waals surface area contributed by atoms with E-state index in [-0.39, 0.29) is 12.5 Å². The van der Waals surface area contributed by atoms with Crippen LogP contribution in [0, 0.1) is 0 Å². The Morgan fingerprint density at radius 2 is 2.07 bits per heavy atom. The summed E-state index contributed by atoms with van der Waals surface area (Å²) >= 11 is 0. The number of nitrogens with zero attached hydrogens (tertiary/aromatic N) is 1. The minimum atomic E-state index is -0.929. The quantitative estimate of drug-likeness (QED) is 0.592. The van der Waals surface area contributed by atoms with Gasteiger partial charge in [0.2, 0.25) is 5.91 Å². The molecule has 0 radical (unpaired) electrons. The number of hydroxylamine groups is 2. The van der Waals surface area contributed by atoms with Crippen LogP contribution in [0.5, 0.6) is 0 Å². The zero-order chi connectivity index (χ0) is 10.9. The number of carbonyl (C=O) groups is 3. The fourth-order valence-electron chi connectivity index (χ4n) is 1.32. The Bertz CT molecular complexity index is 302. The van der Waals surface area contributed by atoms with Crippen LogP contribution >= 0.6 is 0 Å². The SMILES string of the molecule is CC(=O)NC1(C)CN(OC(C)=O)C1=O. The van der Waals surface area contributed by atoms with Crippen LogP contribution in [0.2, 0.25) is 0 Å². The first-order valence-corrected chi connectivity index (χ1v) is 4.14. The standard InChI is InChI=1S/C8H12N2O4/c1-5(11)9-8(3)4-10(7(8)13)14-6(2)12/h4H2,1-3H3,(H,9,11). The van der Waals surface area contributed by atoms with E-state index in [0.717, 1.165) is 5.06 Å². The predicted octanol–water partition coefficient (Wildman–Crippen LogP) is -0.798. The van der Waals surface area contributed by atoms with Crippen molar-refractivity contribution in [3.05, 3.63) is 0 Å². The van der Waals surface area contributed by atoms with Gasteiger partial charge in [-0.1, -0.05) is 0 Å². The van der Waals surface area contributed by atoms with Crippen LogP contribution in [-0.4, -0.2) is 34.9 Å². The predicted molar refractivity (Wildman–Crippen MR) is 45.7 cm³/mol. The molecule has 1 heterocycles. The van der Waals surface area contributed by atoms with Gasteiger partial charge in [0, 0.05) is 13.8 Å². The van der Waals surface area contributed by atoms with E-state index in [0.29, 0.717) is 0 Å². The molecule has 1 atom stereocenters. The first-order valence-electron chi connectivity index (χ1n) is 4.14. The number of amides is 2. The van der Waals surface area contributed by atoms with E-state index in [1.54, 1.807) is 6.92 Å². The van der Waals surface area contributed by atoms with Crippen molar-refractivity contribution in [1.82, 2.24) is 10.4 Å². The van der Waals surface area contributed by atoms with Crippen LogP contribution < -0.4 is 5.32 Å². The summed E-state index contributed by atoms with van der Waals surface area (Å²) in [5.74, 6) is -1.26. The zero-order valence-corrected chi connectivity index (χ0v) is 8.29. The lowest BCUT2D eigenvalue weighted by atomic mass is 9.93. The zero-order valence-electron chi connectivity index (χ0n) is 8.29. The highest BCUT2D eigenvalue weighted by Crippen LogP contribution is 2.22. The van der Waals surface area contributed by atoms with Crippen molar-refractivity contribution in [2.75, 3.05) is 6.54 Å². The average Bonchev–Trinajstić information content (AvgIpc) is 2.01. The fraction of sp³-hybridized carbons (Fsp3) is 0.625. The molecule has 0 aliphatic carbocycles. The highest BCUT2D eigenvalue weighted by molar-refractivity contribution is 5.95. The maximum Gasteiger partial charge on any atom is 0.329 e. The second kappa shape index (κ2) is 3.28. The van der Waals surface area contributed by atoms with Gasteiger partial charge in [0.15, 0.2) is 0 Å². The van der Waals surface area contributed by atoms with Gasteiger partial charge in [-0.25, -0.2) is 0 Å². The minimum Gasteiger partial charge on any atom is -0.340 e. The number of rotatable bonds is 2. The van der Waals surface area contributed by atoms with E-state index in [4.69, 9.17) is 0 Å². The van der Waals surface area contributed by atoms with E-state index in [9.17, 15) is 14.4 Å². The third kappa shape index (κ3) is 1.84. The van der Waals surface area contributed by atoms with Crippen LogP contribution in [0.1, 0.15) is 20.8 Å². The topological polar surface area (TPSA) is 75.7 Å². The van der Waals surface area contributed by atoms with Crippen molar-refractivity contribution < 1.29 is 19.2 Å². The van der Waals surface area contributed by atoms with Gasteiger partial charge in [-0.15, -0.1) is 0 Å². The second-order valence-electron chi connectivity index (χ2n) is 3.44. The van der Waals surface area contributed by atoms with Crippen LogP contribution in [-0.2, 0) is 19.2 Å². The van der Waals surface area contributed by atoms with Crippen molar-refractivity contribution in [2.45, 2.75) is 26.3 Å². The van der Waals surface area contributed by atoms with Gasteiger partial charge in [0.05, 0.1) is 6.54 Å².